The number of H-pyrrole nitrogens is 1. The maximum absolute atomic E-state index is 12.2. The zero-order chi connectivity index (χ0) is 14.7. The van der Waals surface area contributed by atoms with Gasteiger partial charge < -0.3 is 14.6 Å². The smallest absolute Gasteiger partial charge is 0.355 e. The molecule has 1 aromatic heterocycles. The molecule has 6 heteroatoms. The normalized spacial score (nSPS) is 17.9. The Bertz CT molecular complexity index is 492. The zero-order valence-electron chi connectivity index (χ0n) is 11.7. The lowest BCUT2D eigenvalue weighted by Gasteiger charge is -2.31. The van der Waals surface area contributed by atoms with Crippen molar-refractivity contribution < 1.29 is 14.3 Å². The number of amides is 1. The minimum Gasteiger partial charge on any atom is -0.448 e. The predicted molar refractivity (Wildman–Crippen MR) is 75.7 cm³/mol. The summed E-state index contributed by atoms with van der Waals surface area (Å²) in [5.74, 6) is -0.0519. The van der Waals surface area contributed by atoms with Crippen molar-refractivity contribution >= 4 is 23.5 Å². The molecule has 1 aromatic rings. The third-order valence-electron chi connectivity index (χ3n) is 3.59. The summed E-state index contributed by atoms with van der Waals surface area (Å²) in [7, 11) is 0. The van der Waals surface area contributed by atoms with Gasteiger partial charge in [-0.3, -0.25) is 4.79 Å². The first-order valence-corrected chi connectivity index (χ1v) is 7.19. The summed E-state index contributed by atoms with van der Waals surface area (Å²) in [6.07, 6.45) is 2.71. The molecule has 1 fully saturated rings. The van der Waals surface area contributed by atoms with Crippen molar-refractivity contribution in [2.75, 3.05) is 13.1 Å². The van der Waals surface area contributed by atoms with Crippen molar-refractivity contribution in [1.82, 2.24) is 9.88 Å². The molecule has 110 valence electrons. The Kier molecular flexibility index (Phi) is 4.70. The quantitative estimate of drug-likeness (QED) is 0.872. The van der Waals surface area contributed by atoms with Crippen molar-refractivity contribution in [3.8, 4) is 0 Å². The maximum atomic E-state index is 12.2. The Balaban J connectivity index is 1.89. The van der Waals surface area contributed by atoms with Crippen LogP contribution in [0.1, 0.15) is 37.2 Å². The number of halogens is 1. The number of piperidine rings is 1. The number of carbonyl (C=O) groups is 2. The van der Waals surface area contributed by atoms with Crippen molar-refractivity contribution in [2.24, 2.45) is 5.92 Å². The summed E-state index contributed by atoms with van der Waals surface area (Å²) in [5, 5.41) is 0.431. The molecule has 5 nitrogen and oxygen atoms in total. The van der Waals surface area contributed by atoms with Crippen LogP contribution in [0.3, 0.4) is 0 Å². The second-order valence-electron chi connectivity index (χ2n) is 5.29. The predicted octanol–water partition coefficient (Wildman–Crippen LogP) is 2.47. The highest BCUT2D eigenvalue weighted by molar-refractivity contribution is 6.30. The number of carbonyl (C=O) groups excluding carboxylic acids is 2. The molecule has 2 heterocycles. The molecule has 0 radical (unpaired) electrons. The molecule has 1 atom stereocenters. The van der Waals surface area contributed by atoms with Crippen molar-refractivity contribution in [1.29, 1.82) is 0 Å². The largest absolute Gasteiger partial charge is 0.448 e. The second kappa shape index (κ2) is 6.31. The van der Waals surface area contributed by atoms with Gasteiger partial charge in [0.05, 0.1) is 5.02 Å². The van der Waals surface area contributed by atoms with Gasteiger partial charge in [0.1, 0.15) is 5.69 Å². The highest BCUT2D eigenvalue weighted by Gasteiger charge is 2.27. The van der Waals surface area contributed by atoms with E-state index < -0.39 is 12.1 Å². The number of rotatable bonds is 3. The van der Waals surface area contributed by atoms with Crippen LogP contribution in [0.2, 0.25) is 5.02 Å². The Morgan fingerprint density at radius 2 is 2.10 bits per heavy atom. The van der Waals surface area contributed by atoms with Crippen LogP contribution >= 0.6 is 11.6 Å². The van der Waals surface area contributed by atoms with Gasteiger partial charge in [0.2, 0.25) is 0 Å². The summed E-state index contributed by atoms with van der Waals surface area (Å²) in [4.78, 5) is 28.5. The van der Waals surface area contributed by atoms with Crippen LogP contribution in [0.4, 0.5) is 0 Å². The summed E-state index contributed by atoms with van der Waals surface area (Å²) >= 11 is 5.72. The zero-order valence-corrected chi connectivity index (χ0v) is 12.4. The Morgan fingerprint density at radius 3 is 2.65 bits per heavy atom. The van der Waals surface area contributed by atoms with Crippen molar-refractivity contribution in [3.63, 3.8) is 0 Å². The van der Waals surface area contributed by atoms with E-state index >= 15 is 0 Å². The molecular weight excluding hydrogens is 280 g/mol. The second-order valence-corrected chi connectivity index (χ2v) is 5.72. The van der Waals surface area contributed by atoms with Crippen molar-refractivity contribution in [2.45, 2.75) is 32.8 Å². The van der Waals surface area contributed by atoms with Gasteiger partial charge in [0.15, 0.2) is 6.10 Å². The number of aromatic nitrogens is 1. The molecule has 2 rings (SSSR count). The van der Waals surface area contributed by atoms with Gasteiger partial charge in [0.25, 0.3) is 5.91 Å². The molecule has 0 aromatic carbocycles. The van der Waals surface area contributed by atoms with Gasteiger partial charge in [-0.15, -0.1) is 0 Å². The molecule has 0 bridgehead atoms. The van der Waals surface area contributed by atoms with Crippen LogP contribution in [0.15, 0.2) is 12.3 Å². The number of ether oxygens (including phenoxy) is 1. The molecule has 1 aliphatic heterocycles. The Morgan fingerprint density at radius 1 is 1.45 bits per heavy atom. The standard InChI is InChI=1S/C14H19ClN2O3/c1-9-3-5-17(6-4-9)13(18)10(2)20-14(19)12-7-11(15)8-16-12/h7-10,16H,3-6H2,1-2H3/t10-/m0/s1. The summed E-state index contributed by atoms with van der Waals surface area (Å²) in [6, 6.07) is 1.48. The molecule has 1 amide bonds. The molecule has 20 heavy (non-hydrogen) atoms. The average Bonchev–Trinajstić information content (AvgIpc) is 2.85. The Labute approximate surface area is 123 Å². The third-order valence-corrected chi connectivity index (χ3v) is 3.81. The van der Waals surface area contributed by atoms with E-state index in [4.69, 9.17) is 16.3 Å². The van der Waals surface area contributed by atoms with Gasteiger partial charge in [-0.1, -0.05) is 18.5 Å². The molecule has 0 spiro atoms. The van der Waals surface area contributed by atoms with Gasteiger partial charge >= 0.3 is 5.97 Å². The average molecular weight is 299 g/mol. The maximum Gasteiger partial charge on any atom is 0.355 e. The van der Waals surface area contributed by atoms with E-state index in [9.17, 15) is 9.59 Å². The monoisotopic (exact) mass is 298 g/mol. The molecule has 1 N–H and O–H groups in total. The molecule has 1 aliphatic rings. The van der Waals surface area contributed by atoms with Crippen LogP contribution in [0.25, 0.3) is 0 Å². The molecule has 1 saturated heterocycles. The van der Waals surface area contributed by atoms with Crippen molar-refractivity contribution in [3.05, 3.63) is 23.0 Å². The molecular formula is C14H19ClN2O3. The lowest BCUT2D eigenvalue weighted by atomic mass is 9.99. The van der Waals surface area contributed by atoms with Crippen LogP contribution in [0, 0.1) is 5.92 Å². The number of nitrogens with one attached hydrogen (secondary N) is 1. The van der Waals surface area contributed by atoms with Gasteiger partial charge in [-0.25, -0.2) is 4.79 Å². The van der Waals surface area contributed by atoms with Gasteiger partial charge in [-0.2, -0.15) is 0 Å². The topological polar surface area (TPSA) is 62.4 Å². The first-order valence-electron chi connectivity index (χ1n) is 6.81. The molecule has 0 saturated carbocycles. The molecule has 0 aliphatic carbocycles. The van der Waals surface area contributed by atoms with E-state index in [-0.39, 0.29) is 11.6 Å². The number of esters is 1. The Hall–Kier alpha value is -1.49. The van der Waals surface area contributed by atoms with E-state index in [0.717, 1.165) is 25.9 Å². The highest BCUT2D eigenvalue weighted by Crippen LogP contribution is 2.18. The number of aromatic amines is 1. The van der Waals surface area contributed by atoms with E-state index in [1.165, 1.54) is 12.3 Å². The van der Waals surface area contributed by atoms with Gasteiger partial charge in [0, 0.05) is 19.3 Å². The number of hydrogen-bond donors (Lipinski definition) is 1. The van der Waals surface area contributed by atoms with E-state index in [1.807, 2.05) is 0 Å². The lowest BCUT2D eigenvalue weighted by Crippen LogP contribution is -2.44. The minimum absolute atomic E-state index is 0.136. The summed E-state index contributed by atoms with van der Waals surface area (Å²) in [6.45, 7) is 5.25. The fraction of sp³-hybridized carbons (Fsp3) is 0.571. The summed E-state index contributed by atoms with van der Waals surface area (Å²) < 4.78 is 5.17. The van der Waals surface area contributed by atoms with Crippen LogP contribution < -0.4 is 0 Å². The third kappa shape index (κ3) is 3.54. The number of nitrogens with zero attached hydrogens (tertiary/aromatic N) is 1. The first kappa shape index (κ1) is 14.9. The SMILES string of the molecule is CC1CCN(C(=O)[C@H](C)OC(=O)c2cc(Cl)c[nH]2)CC1. The van der Waals surface area contributed by atoms with Gasteiger partial charge in [-0.05, 0) is 31.7 Å². The van der Waals surface area contributed by atoms with E-state index in [0.29, 0.717) is 10.9 Å². The van der Waals surface area contributed by atoms with Crippen LogP contribution in [-0.2, 0) is 9.53 Å². The minimum atomic E-state index is -0.780. The highest BCUT2D eigenvalue weighted by atomic mass is 35.5. The summed E-state index contributed by atoms with van der Waals surface area (Å²) in [5.41, 5.74) is 0.252. The lowest BCUT2D eigenvalue weighted by molar-refractivity contribution is -0.141. The van der Waals surface area contributed by atoms with Crippen LogP contribution in [-0.4, -0.2) is 41.0 Å². The number of likely N-dealkylation sites (tertiary alicyclic amines) is 1. The van der Waals surface area contributed by atoms with Crippen LogP contribution in [0.5, 0.6) is 0 Å². The first-order chi connectivity index (χ1) is 9.47. The molecule has 0 unspecified atom stereocenters. The van der Waals surface area contributed by atoms with E-state index in [1.54, 1.807) is 11.8 Å². The van der Waals surface area contributed by atoms with E-state index in [2.05, 4.69) is 11.9 Å². The fourth-order valence-electron chi connectivity index (χ4n) is 2.25. The fourth-order valence-corrected chi connectivity index (χ4v) is 2.41. The number of hydrogen-bond acceptors (Lipinski definition) is 3.